The molecule has 0 unspecified atom stereocenters. The van der Waals surface area contributed by atoms with E-state index in [9.17, 15) is 14.4 Å². The first-order valence-electron chi connectivity index (χ1n) is 8.97. The number of nitrogens with zero attached hydrogens (tertiary/aromatic N) is 4. The van der Waals surface area contributed by atoms with Gasteiger partial charge in [-0.1, -0.05) is 0 Å². The number of likely N-dealkylation sites (tertiary alicyclic amines) is 2. The summed E-state index contributed by atoms with van der Waals surface area (Å²) in [5.41, 5.74) is 0.524. The van der Waals surface area contributed by atoms with Crippen LogP contribution in [0.3, 0.4) is 0 Å². The summed E-state index contributed by atoms with van der Waals surface area (Å²) in [6.07, 6.45) is 2.46. The average molecular weight is 370 g/mol. The van der Waals surface area contributed by atoms with Gasteiger partial charge in [0.15, 0.2) is 11.6 Å². The van der Waals surface area contributed by atoms with Gasteiger partial charge >= 0.3 is 0 Å². The second kappa shape index (κ2) is 6.07. The largest absolute Gasteiger partial charge is 0.445 e. The zero-order valence-electron chi connectivity index (χ0n) is 15.7. The normalized spacial score (nSPS) is 18.0. The van der Waals surface area contributed by atoms with Gasteiger partial charge < -0.3 is 18.8 Å². The summed E-state index contributed by atoms with van der Waals surface area (Å²) in [5, 5.41) is 0. The van der Waals surface area contributed by atoms with Crippen LogP contribution in [0.15, 0.2) is 27.5 Å². The molecule has 0 aliphatic carbocycles. The molecule has 2 saturated heterocycles. The third-order valence-corrected chi connectivity index (χ3v) is 5.52. The van der Waals surface area contributed by atoms with Crippen LogP contribution in [0, 0.1) is 19.3 Å². The van der Waals surface area contributed by atoms with Crippen molar-refractivity contribution in [3.8, 4) is 0 Å². The van der Waals surface area contributed by atoms with Crippen LogP contribution < -0.4 is 5.56 Å². The van der Waals surface area contributed by atoms with Crippen molar-refractivity contribution in [2.75, 3.05) is 26.2 Å². The van der Waals surface area contributed by atoms with Gasteiger partial charge in [0.2, 0.25) is 0 Å². The number of hydrogen-bond acceptors (Lipinski definition) is 5. The minimum Gasteiger partial charge on any atom is -0.445 e. The molecule has 2 aromatic heterocycles. The van der Waals surface area contributed by atoms with Gasteiger partial charge in [-0.2, -0.15) is 0 Å². The molecule has 8 nitrogen and oxygen atoms in total. The van der Waals surface area contributed by atoms with Crippen molar-refractivity contribution in [2.45, 2.75) is 20.3 Å². The molecule has 8 heteroatoms. The first kappa shape index (κ1) is 17.5. The number of aromatic nitrogens is 2. The Kier molecular flexibility index (Phi) is 3.94. The van der Waals surface area contributed by atoms with Gasteiger partial charge in [-0.25, -0.2) is 4.98 Å². The van der Waals surface area contributed by atoms with Crippen LogP contribution in [0.5, 0.6) is 0 Å². The molecule has 1 spiro atoms. The molecule has 0 radical (unpaired) electrons. The topological polar surface area (TPSA) is 88.7 Å². The Labute approximate surface area is 156 Å². The number of carbonyl (C=O) groups is 2. The van der Waals surface area contributed by atoms with Crippen molar-refractivity contribution in [2.24, 2.45) is 12.5 Å². The lowest BCUT2D eigenvalue weighted by atomic mass is 9.79. The predicted molar refractivity (Wildman–Crippen MR) is 96.5 cm³/mol. The average Bonchev–Trinajstić information content (AvgIpc) is 3.18. The van der Waals surface area contributed by atoms with E-state index in [0.29, 0.717) is 49.1 Å². The number of carbonyl (C=O) groups excluding carboxylic acids is 2. The highest BCUT2D eigenvalue weighted by Crippen LogP contribution is 2.40. The quantitative estimate of drug-likeness (QED) is 0.786. The van der Waals surface area contributed by atoms with Crippen molar-refractivity contribution >= 4 is 11.8 Å². The summed E-state index contributed by atoms with van der Waals surface area (Å²) in [7, 11) is 1.65. The fourth-order valence-corrected chi connectivity index (χ4v) is 4.01. The van der Waals surface area contributed by atoms with Crippen molar-refractivity contribution < 1.29 is 14.0 Å². The minimum atomic E-state index is -0.201. The van der Waals surface area contributed by atoms with Crippen LogP contribution in [-0.4, -0.2) is 57.3 Å². The number of pyridine rings is 1. The van der Waals surface area contributed by atoms with Crippen LogP contribution in [-0.2, 0) is 7.05 Å². The lowest BCUT2D eigenvalue weighted by Gasteiger charge is -2.47. The summed E-state index contributed by atoms with van der Waals surface area (Å²) >= 11 is 0. The maximum absolute atomic E-state index is 12.7. The molecule has 27 heavy (non-hydrogen) atoms. The van der Waals surface area contributed by atoms with Crippen LogP contribution in [0.4, 0.5) is 0 Å². The lowest BCUT2D eigenvalue weighted by molar-refractivity contribution is 0.0105. The smallest absolute Gasteiger partial charge is 0.276 e. The lowest BCUT2D eigenvalue weighted by Crippen LogP contribution is -2.59. The maximum Gasteiger partial charge on any atom is 0.276 e. The zero-order valence-corrected chi connectivity index (χ0v) is 15.7. The summed E-state index contributed by atoms with van der Waals surface area (Å²) in [6.45, 7) is 5.91. The summed E-state index contributed by atoms with van der Waals surface area (Å²) < 4.78 is 6.78. The molecule has 4 rings (SSSR count). The fourth-order valence-electron chi connectivity index (χ4n) is 4.01. The van der Waals surface area contributed by atoms with Crippen LogP contribution >= 0.6 is 0 Å². The van der Waals surface area contributed by atoms with Crippen molar-refractivity contribution in [3.05, 3.63) is 51.6 Å². The van der Waals surface area contributed by atoms with Gasteiger partial charge in [0.05, 0.1) is 0 Å². The molecule has 0 aromatic carbocycles. The zero-order chi connectivity index (χ0) is 19.3. The SMILES string of the molecule is Cc1nc(C(=O)N2CC3(CCN(C(=O)c4ccn(C)c(=O)c4)C3)C2)c(C)o1. The van der Waals surface area contributed by atoms with E-state index in [1.54, 1.807) is 43.0 Å². The summed E-state index contributed by atoms with van der Waals surface area (Å²) in [4.78, 5) is 44.8. The second-order valence-electron chi connectivity index (χ2n) is 7.64. The molecule has 0 atom stereocenters. The van der Waals surface area contributed by atoms with E-state index in [0.717, 1.165) is 6.42 Å². The summed E-state index contributed by atoms with van der Waals surface area (Å²) in [5.74, 6) is 0.772. The third kappa shape index (κ3) is 2.94. The number of hydrogen-bond donors (Lipinski definition) is 0. The molecule has 2 aliphatic heterocycles. The fraction of sp³-hybridized carbons (Fsp3) is 0.474. The van der Waals surface area contributed by atoms with Crippen molar-refractivity contribution in [1.29, 1.82) is 0 Å². The van der Waals surface area contributed by atoms with Gasteiger partial charge in [-0.05, 0) is 19.4 Å². The van der Waals surface area contributed by atoms with E-state index >= 15 is 0 Å². The number of rotatable bonds is 2. The molecule has 142 valence electrons. The number of oxazole rings is 1. The molecule has 0 bridgehead atoms. The molecule has 2 aromatic rings. The Balaban J connectivity index is 1.41. The second-order valence-corrected chi connectivity index (χ2v) is 7.64. The van der Waals surface area contributed by atoms with E-state index in [-0.39, 0.29) is 22.8 Å². The molecule has 2 fully saturated rings. The van der Waals surface area contributed by atoms with Gasteiger partial charge in [-0.3, -0.25) is 14.4 Å². The summed E-state index contributed by atoms with van der Waals surface area (Å²) in [6, 6.07) is 3.04. The Morgan fingerprint density at radius 2 is 1.85 bits per heavy atom. The van der Waals surface area contributed by atoms with Gasteiger partial charge in [0.25, 0.3) is 17.4 Å². The van der Waals surface area contributed by atoms with E-state index < -0.39 is 0 Å². The van der Waals surface area contributed by atoms with E-state index in [1.165, 1.54) is 10.6 Å². The van der Waals surface area contributed by atoms with Crippen LogP contribution in [0.2, 0.25) is 0 Å². The molecular formula is C19H22N4O4. The first-order valence-corrected chi connectivity index (χ1v) is 8.97. The highest BCUT2D eigenvalue weighted by molar-refractivity contribution is 5.95. The van der Waals surface area contributed by atoms with Gasteiger partial charge in [0.1, 0.15) is 5.76 Å². The van der Waals surface area contributed by atoms with E-state index in [2.05, 4.69) is 4.98 Å². The molecule has 2 amide bonds. The van der Waals surface area contributed by atoms with E-state index in [4.69, 9.17) is 4.42 Å². The van der Waals surface area contributed by atoms with Crippen molar-refractivity contribution in [1.82, 2.24) is 19.4 Å². The highest BCUT2D eigenvalue weighted by atomic mass is 16.4. The maximum atomic E-state index is 12.7. The van der Waals surface area contributed by atoms with Crippen LogP contribution in [0.1, 0.15) is 38.9 Å². The molecule has 4 heterocycles. The minimum absolute atomic E-state index is 0.0578. The Bertz CT molecular complexity index is 984. The first-order chi connectivity index (χ1) is 12.8. The molecular weight excluding hydrogens is 348 g/mol. The van der Waals surface area contributed by atoms with Crippen LogP contribution in [0.25, 0.3) is 0 Å². The molecule has 0 saturated carbocycles. The Hall–Kier alpha value is -2.90. The van der Waals surface area contributed by atoms with Gasteiger partial charge in [0, 0.05) is 63.4 Å². The molecule has 2 aliphatic rings. The molecule has 0 N–H and O–H groups in total. The standard InChI is InChI=1S/C19H22N4O4/c1-12-16(20-13(2)27-12)18(26)23-10-19(11-23)5-7-22(9-19)17(25)14-4-6-21(3)15(24)8-14/h4,6,8H,5,7,9-11H2,1-3H3. The predicted octanol–water partition coefficient (Wildman–Crippen LogP) is 0.978. The highest BCUT2D eigenvalue weighted by Gasteiger charge is 2.50. The Morgan fingerprint density at radius 1 is 1.15 bits per heavy atom. The number of aryl methyl sites for hydroxylation is 3. The van der Waals surface area contributed by atoms with Gasteiger partial charge in [-0.15, -0.1) is 0 Å². The number of amides is 2. The van der Waals surface area contributed by atoms with Crippen molar-refractivity contribution in [3.63, 3.8) is 0 Å². The Morgan fingerprint density at radius 3 is 2.48 bits per heavy atom. The van der Waals surface area contributed by atoms with E-state index in [1.807, 2.05) is 0 Å². The monoisotopic (exact) mass is 370 g/mol. The third-order valence-electron chi connectivity index (χ3n) is 5.52.